The summed E-state index contributed by atoms with van der Waals surface area (Å²) >= 11 is 0. The van der Waals surface area contributed by atoms with Crippen molar-refractivity contribution in [3.63, 3.8) is 0 Å². The molecule has 3 rings (SSSR count). The highest BCUT2D eigenvalue weighted by atomic mass is 16.5. The molecule has 0 aliphatic carbocycles. The largest absolute Gasteiger partial charge is 0.465 e. The second-order valence-corrected chi connectivity index (χ2v) is 6.60. The number of esters is 1. The lowest BCUT2D eigenvalue weighted by molar-refractivity contribution is -0.154. The molecular formula is C16H28N2O3. The summed E-state index contributed by atoms with van der Waals surface area (Å²) in [5.74, 6) is -0.0606. The predicted molar refractivity (Wildman–Crippen MR) is 80.2 cm³/mol. The summed E-state index contributed by atoms with van der Waals surface area (Å²) < 4.78 is 11.1. The summed E-state index contributed by atoms with van der Waals surface area (Å²) in [5.41, 5.74) is -0.493. The molecule has 3 atom stereocenters. The first-order chi connectivity index (χ1) is 10.2. The van der Waals surface area contributed by atoms with Gasteiger partial charge in [0.05, 0.1) is 12.7 Å². The molecule has 0 bridgehead atoms. The number of carbonyl (C=O) groups is 1. The molecule has 21 heavy (non-hydrogen) atoms. The van der Waals surface area contributed by atoms with E-state index in [2.05, 4.69) is 10.2 Å². The van der Waals surface area contributed by atoms with E-state index >= 15 is 0 Å². The Balaban J connectivity index is 1.66. The normalized spacial score (nSPS) is 36.6. The quantitative estimate of drug-likeness (QED) is 0.775. The van der Waals surface area contributed by atoms with Crippen LogP contribution in [-0.2, 0) is 14.3 Å². The monoisotopic (exact) mass is 296 g/mol. The number of hydrogen-bond acceptors (Lipinski definition) is 5. The van der Waals surface area contributed by atoms with Crippen LogP contribution in [0.25, 0.3) is 0 Å². The first-order valence-corrected chi connectivity index (χ1v) is 8.51. The van der Waals surface area contributed by atoms with Crippen molar-refractivity contribution in [3.8, 4) is 0 Å². The zero-order chi connectivity index (χ0) is 14.7. The van der Waals surface area contributed by atoms with Crippen LogP contribution in [0, 0.1) is 0 Å². The Kier molecular flexibility index (Phi) is 4.82. The summed E-state index contributed by atoms with van der Waals surface area (Å²) in [6, 6.07) is 0.542. The lowest BCUT2D eigenvalue weighted by Gasteiger charge is -2.43. The van der Waals surface area contributed by atoms with Crippen molar-refractivity contribution in [2.45, 2.75) is 63.1 Å². The number of carbonyl (C=O) groups excluding carboxylic acids is 1. The fourth-order valence-electron chi connectivity index (χ4n) is 4.06. The molecule has 3 heterocycles. The van der Waals surface area contributed by atoms with Gasteiger partial charge in [0.2, 0.25) is 0 Å². The highest BCUT2D eigenvalue weighted by Gasteiger charge is 2.47. The molecule has 0 aromatic heterocycles. The molecule has 3 aliphatic heterocycles. The fraction of sp³-hybridized carbons (Fsp3) is 0.938. The first kappa shape index (κ1) is 15.3. The van der Waals surface area contributed by atoms with Gasteiger partial charge in [-0.15, -0.1) is 0 Å². The zero-order valence-corrected chi connectivity index (χ0v) is 13.1. The molecule has 3 unspecified atom stereocenters. The molecule has 0 aromatic rings. The first-order valence-electron chi connectivity index (χ1n) is 8.51. The minimum absolute atomic E-state index is 0.0606. The standard InChI is InChI=1S/C16H28N2O3/c1-2-20-15(19)16(17-12-14-6-4-10-21-14)7-9-18-8-3-5-13(18)11-16/h13-14,17H,2-12H2,1H3. The molecule has 3 saturated heterocycles. The van der Waals surface area contributed by atoms with Crippen LogP contribution >= 0.6 is 0 Å². The Morgan fingerprint density at radius 3 is 3.05 bits per heavy atom. The van der Waals surface area contributed by atoms with E-state index in [0.29, 0.717) is 12.6 Å². The van der Waals surface area contributed by atoms with Gasteiger partial charge in [-0.3, -0.25) is 10.1 Å². The second-order valence-electron chi connectivity index (χ2n) is 6.60. The highest BCUT2D eigenvalue weighted by Crippen LogP contribution is 2.34. The third-order valence-electron chi connectivity index (χ3n) is 5.27. The number of nitrogens with one attached hydrogen (secondary N) is 1. The molecule has 0 spiro atoms. The Bertz CT molecular complexity index is 371. The summed E-state index contributed by atoms with van der Waals surface area (Å²) in [4.78, 5) is 15.1. The van der Waals surface area contributed by atoms with Crippen LogP contribution < -0.4 is 5.32 Å². The van der Waals surface area contributed by atoms with Crippen molar-refractivity contribution in [3.05, 3.63) is 0 Å². The number of hydrogen-bond donors (Lipinski definition) is 1. The maximum atomic E-state index is 12.6. The molecule has 0 amide bonds. The Morgan fingerprint density at radius 1 is 1.38 bits per heavy atom. The van der Waals surface area contributed by atoms with Crippen molar-refractivity contribution in [1.82, 2.24) is 10.2 Å². The van der Waals surface area contributed by atoms with Gasteiger partial charge in [-0.05, 0) is 52.0 Å². The molecule has 0 radical (unpaired) electrons. The van der Waals surface area contributed by atoms with E-state index in [-0.39, 0.29) is 12.1 Å². The van der Waals surface area contributed by atoms with Crippen molar-refractivity contribution in [1.29, 1.82) is 0 Å². The summed E-state index contributed by atoms with van der Waals surface area (Å²) in [5, 5.41) is 3.55. The minimum atomic E-state index is -0.493. The van der Waals surface area contributed by atoms with Crippen LogP contribution in [0.1, 0.15) is 45.4 Å². The molecule has 3 aliphatic rings. The van der Waals surface area contributed by atoms with Crippen LogP contribution in [-0.4, -0.2) is 61.4 Å². The van der Waals surface area contributed by atoms with Crippen molar-refractivity contribution in [2.24, 2.45) is 0 Å². The summed E-state index contributed by atoms with van der Waals surface area (Å²) in [6.07, 6.45) is 6.71. The van der Waals surface area contributed by atoms with E-state index in [1.807, 2.05) is 6.92 Å². The van der Waals surface area contributed by atoms with Crippen molar-refractivity contribution < 1.29 is 14.3 Å². The van der Waals surface area contributed by atoms with Crippen LogP contribution in [0.2, 0.25) is 0 Å². The van der Waals surface area contributed by atoms with Gasteiger partial charge in [-0.2, -0.15) is 0 Å². The summed E-state index contributed by atoms with van der Waals surface area (Å²) in [6.45, 7) is 6.16. The molecular weight excluding hydrogens is 268 g/mol. The van der Waals surface area contributed by atoms with Crippen LogP contribution in [0.15, 0.2) is 0 Å². The molecule has 1 N–H and O–H groups in total. The molecule has 5 nitrogen and oxygen atoms in total. The van der Waals surface area contributed by atoms with Gasteiger partial charge in [0.25, 0.3) is 0 Å². The highest BCUT2D eigenvalue weighted by molar-refractivity contribution is 5.81. The average molecular weight is 296 g/mol. The minimum Gasteiger partial charge on any atom is -0.465 e. The molecule has 0 saturated carbocycles. The van der Waals surface area contributed by atoms with E-state index in [0.717, 1.165) is 45.4 Å². The van der Waals surface area contributed by atoms with Gasteiger partial charge < -0.3 is 14.4 Å². The van der Waals surface area contributed by atoms with Gasteiger partial charge in [-0.1, -0.05) is 0 Å². The number of fused-ring (bicyclic) bond motifs is 1. The number of piperidine rings is 1. The SMILES string of the molecule is CCOC(=O)C1(NCC2CCCO2)CCN2CCCC2C1. The number of rotatable bonds is 5. The van der Waals surface area contributed by atoms with Gasteiger partial charge in [0, 0.05) is 25.7 Å². The second kappa shape index (κ2) is 6.63. The van der Waals surface area contributed by atoms with Crippen molar-refractivity contribution >= 4 is 5.97 Å². The number of ether oxygens (including phenoxy) is 2. The molecule has 120 valence electrons. The van der Waals surface area contributed by atoms with Crippen LogP contribution in [0.4, 0.5) is 0 Å². The zero-order valence-electron chi connectivity index (χ0n) is 13.1. The number of nitrogens with zero attached hydrogens (tertiary/aromatic N) is 1. The third-order valence-corrected chi connectivity index (χ3v) is 5.27. The molecule has 0 aromatic carbocycles. The van der Waals surface area contributed by atoms with E-state index in [9.17, 15) is 4.79 Å². The molecule has 3 fully saturated rings. The Labute approximate surface area is 127 Å². The van der Waals surface area contributed by atoms with E-state index in [1.54, 1.807) is 0 Å². The van der Waals surface area contributed by atoms with E-state index < -0.39 is 5.54 Å². The van der Waals surface area contributed by atoms with E-state index in [4.69, 9.17) is 9.47 Å². The maximum Gasteiger partial charge on any atom is 0.326 e. The fourth-order valence-corrected chi connectivity index (χ4v) is 4.06. The molecule has 5 heteroatoms. The smallest absolute Gasteiger partial charge is 0.326 e. The van der Waals surface area contributed by atoms with Gasteiger partial charge in [0.1, 0.15) is 5.54 Å². The van der Waals surface area contributed by atoms with E-state index in [1.165, 1.54) is 19.4 Å². The third kappa shape index (κ3) is 3.25. The lowest BCUT2D eigenvalue weighted by atomic mass is 9.83. The Morgan fingerprint density at radius 2 is 2.29 bits per heavy atom. The topological polar surface area (TPSA) is 50.8 Å². The van der Waals surface area contributed by atoms with Crippen molar-refractivity contribution in [2.75, 3.05) is 32.8 Å². The maximum absolute atomic E-state index is 12.6. The van der Waals surface area contributed by atoms with Gasteiger partial charge >= 0.3 is 5.97 Å². The Hall–Kier alpha value is -0.650. The van der Waals surface area contributed by atoms with Crippen LogP contribution in [0.3, 0.4) is 0 Å². The lowest BCUT2D eigenvalue weighted by Crippen LogP contribution is -2.61. The average Bonchev–Trinajstić information content (AvgIpc) is 3.16. The predicted octanol–water partition coefficient (Wildman–Crippen LogP) is 1.32. The van der Waals surface area contributed by atoms with Gasteiger partial charge in [0.15, 0.2) is 0 Å². The van der Waals surface area contributed by atoms with Crippen LogP contribution in [0.5, 0.6) is 0 Å². The van der Waals surface area contributed by atoms with Gasteiger partial charge in [-0.25, -0.2) is 0 Å². The summed E-state index contributed by atoms with van der Waals surface area (Å²) in [7, 11) is 0.